The second-order valence-corrected chi connectivity index (χ2v) is 8.50. The van der Waals surface area contributed by atoms with Gasteiger partial charge < -0.3 is 10.1 Å². The van der Waals surface area contributed by atoms with Gasteiger partial charge in [0.1, 0.15) is 5.75 Å². The van der Waals surface area contributed by atoms with Crippen molar-refractivity contribution in [1.82, 2.24) is 4.90 Å². The van der Waals surface area contributed by atoms with Crippen LogP contribution in [0.4, 0.5) is 10.5 Å². The van der Waals surface area contributed by atoms with E-state index in [1.165, 1.54) is 0 Å². The predicted molar refractivity (Wildman–Crippen MR) is 130 cm³/mol. The van der Waals surface area contributed by atoms with E-state index in [-0.39, 0.29) is 29.2 Å². The molecule has 1 saturated heterocycles. The minimum atomic E-state index is -0.401. The number of hydrogen-bond acceptors (Lipinski definition) is 5. The largest absolute Gasteiger partial charge is 0.483 e. The molecule has 0 unspecified atom stereocenters. The molecule has 0 aromatic heterocycles. The molecule has 1 aliphatic heterocycles. The molecule has 1 fully saturated rings. The molecule has 1 N–H and O–H groups in total. The first kappa shape index (κ1) is 22.6. The molecule has 0 atom stereocenters. The van der Waals surface area contributed by atoms with Crippen LogP contribution in [0.3, 0.4) is 0 Å². The highest BCUT2D eigenvalue weighted by molar-refractivity contribution is 8.18. The van der Waals surface area contributed by atoms with E-state index >= 15 is 0 Å². The maximum absolute atomic E-state index is 12.9. The van der Waals surface area contributed by atoms with Gasteiger partial charge in [0.2, 0.25) is 0 Å². The van der Waals surface area contributed by atoms with Crippen LogP contribution in [0, 0.1) is 0 Å². The molecule has 4 rings (SSSR count). The van der Waals surface area contributed by atoms with Crippen molar-refractivity contribution in [3.05, 3.63) is 99.9 Å². The lowest BCUT2D eigenvalue weighted by atomic mass is 10.1. The van der Waals surface area contributed by atoms with Gasteiger partial charge in [-0.25, -0.2) is 0 Å². The number of rotatable bonds is 7. The van der Waals surface area contributed by atoms with Crippen molar-refractivity contribution in [3.8, 4) is 5.75 Å². The maximum Gasteiger partial charge on any atom is 0.293 e. The number of benzene rings is 3. The molecule has 1 aliphatic rings. The van der Waals surface area contributed by atoms with Gasteiger partial charge >= 0.3 is 0 Å². The van der Waals surface area contributed by atoms with Crippen LogP contribution in [0.1, 0.15) is 11.1 Å². The molecule has 33 heavy (non-hydrogen) atoms. The van der Waals surface area contributed by atoms with E-state index in [1.807, 2.05) is 18.2 Å². The van der Waals surface area contributed by atoms with Gasteiger partial charge in [0.05, 0.1) is 11.4 Å². The number of imide groups is 1. The number of anilines is 1. The summed E-state index contributed by atoms with van der Waals surface area (Å²) < 4.78 is 5.69. The number of para-hydroxylation sites is 2. The molecule has 3 aromatic carbocycles. The van der Waals surface area contributed by atoms with E-state index in [0.29, 0.717) is 27.6 Å². The lowest BCUT2D eigenvalue weighted by Crippen LogP contribution is -2.27. The lowest BCUT2D eigenvalue weighted by Gasteiger charge is -2.13. The summed E-state index contributed by atoms with van der Waals surface area (Å²) in [5.74, 6) is -0.281. The topological polar surface area (TPSA) is 75.7 Å². The molecular weight excluding hydrogens is 460 g/mol. The summed E-state index contributed by atoms with van der Waals surface area (Å²) in [6.45, 7) is -0.104. The minimum absolute atomic E-state index is 0.0967. The van der Waals surface area contributed by atoms with Gasteiger partial charge in [0.15, 0.2) is 6.61 Å². The summed E-state index contributed by atoms with van der Waals surface area (Å²) in [5, 5.41) is 2.88. The Hall–Kier alpha value is -3.55. The molecule has 0 radical (unpaired) electrons. The fourth-order valence-electron chi connectivity index (χ4n) is 3.17. The summed E-state index contributed by atoms with van der Waals surface area (Å²) in [4.78, 5) is 39.0. The van der Waals surface area contributed by atoms with Crippen molar-refractivity contribution in [2.45, 2.75) is 6.54 Å². The van der Waals surface area contributed by atoms with Gasteiger partial charge in [-0.2, -0.15) is 0 Å². The van der Waals surface area contributed by atoms with Crippen molar-refractivity contribution in [2.75, 3.05) is 11.9 Å². The average molecular weight is 479 g/mol. The molecule has 8 heteroatoms. The fraction of sp³-hybridized carbons (Fsp3) is 0.0800. The van der Waals surface area contributed by atoms with Crippen molar-refractivity contribution in [1.29, 1.82) is 0 Å². The quantitative estimate of drug-likeness (QED) is 0.448. The molecule has 0 bridgehead atoms. The maximum atomic E-state index is 12.9. The van der Waals surface area contributed by atoms with Gasteiger partial charge in [-0.15, -0.1) is 0 Å². The van der Waals surface area contributed by atoms with E-state index in [2.05, 4.69) is 5.32 Å². The van der Waals surface area contributed by atoms with Crippen molar-refractivity contribution < 1.29 is 19.1 Å². The molecule has 3 aromatic rings. The Balaban J connectivity index is 1.46. The lowest BCUT2D eigenvalue weighted by molar-refractivity contribution is -0.123. The molecule has 0 saturated carbocycles. The van der Waals surface area contributed by atoms with Crippen LogP contribution in [0.2, 0.25) is 5.02 Å². The summed E-state index contributed by atoms with van der Waals surface area (Å²) in [6, 6.07) is 23.2. The first-order valence-corrected chi connectivity index (χ1v) is 11.3. The minimum Gasteiger partial charge on any atom is -0.483 e. The molecule has 1 heterocycles. The van der Waals surface area contributed by atoms with Crippen LogP contribution in [0.15, 0.2) is 83.8 Å². The zero-order valence-corrected chi connectivity index (χ0v) is 18.9. The van der Waals surface area contributed by atoms with Gasteiger partial charge in [-0.3, -0.25) is 19.3 Å². The zero-order chi connectivity index (χ0) is 23.2. The van der Waals surface area contributed by atoms with Crippen molar-refractivity contribution in [3.63, 3.8) is 0 Å². The highest BCUT2D eigenvalue weighted by Gasteiger charge is 2.35. The van der Waals surface area contributed by atoms with Crippen molar-refractivity contribution >= 4 is 52.2 Å². The molecule has 0 spiro atoms. The van der Waals surface area contributed by atoms with E-state index in [9.17, 15) is 14.4 Å². The van der Waals surface area contributed by atoms with E-state index in [4.69, 9.17) is 16.3 Å². The Morgan fingerprint density at radius 2 is 1.67 bits per heavy atom. The second kappa shape index (κ2) is 10.4. The van der Waals surface area contributed by atoms with Crippen LogP contribution in [0.25, 0.3) is 6.08 Å². The number of thioether (sulfide) groups is 1. The number of nitrogens with zero attached hydrogens (tertiary/aromatic N) is 1. The molecule has 166 valence electrons. The first-order valence-electron chi connectivity index (χ1n) is 10.1. The molecular formula is C25H19ClN2O4S. The number of carbonyl (C=O) groups excluding carboxylic acids is 3. The van der Waals surface area contributed by atoms with E-state index in [0.717, 1.165) is 16.7 Å². The van der Waals surface area contributed by atoms with Crippen LogP contribution in [-0.2, 0) is 16.1 Å². The number of ether oxygens (including phenoxy) is 1. The molecule has 3 amide bonds. The number of nitrogens with one attached hydrogen (secondary N) is 1. The highest BCUT2D eigenvalue weighted by atomic mass is 35.5. The third-order valence-corrected chi connectivity index (χ3v) is 6.06. The molecule has 0 aliphatic carbocycles. The van der Waals surface area contributed by atoms with Crippen molar-refractivity contribution in [2.24, 2.45) is 0 Å². The van der Waals surface area contributed by atoms with Crippen LogP contribution in [-0.4, -0.2) is 28.6 Å². The van der Waals surface area contributed by atoms with Crippen LogP contribution < -0.4 is 10.1 Å². The summed E-state index contributed by atoms with van der Waals surface area (Å²) in [5.41, 5.74) is 1.95. The Bertz CT molecular complexity index is 1230. The molecule has 6 nitrogen and oxygen atoms in total. The van der Waals surface area contributed by atoms with E-state index < -0.39 is 5.91 Å². The van der Waals surface area contributed by atoms with E-state index in [1.54, 1.807) is 66.7 Å². The third-order valence-electron chi connectivity index (χ3n) is 4.78. The second-order valence-electron chi connectivity index (χ2n) is 7.10. The Morgan fingerprint density at radius 3 is 2.45 bits per heavy atom. The number of halogens is 1. The summed E-state index contributed by atoms with van der Waals surface area (Å²) in [6.07, 6.45) is 1.60. The van der Waals surface area contributed by atoms with Gasteiger partial charge in [0, 0.05) is 16.3 Å². The highest BCUT2D eigenvalue weighted by Crippen LogP contribution is 2.35. The smallest absolute Gasteiger partial charge is 0.293 e. The van der Waals surface area contributed by atoms with Gasteiger partial charge in [-0.05, 0) is 47.7 Å². The monoisotopic (exact) mass is 478 g/mol. The Labute approximate surface area is 200 Å². The summed E-state index contributed by atoms with van der Waals surface area (Å²) >= 11 is 7.03. The average Bonchev–Trinajstić information content (AvgIpc) is 3.08. The fourth-order valence-corrected chi connectivity index (χ4v) is 4.19. The number of amides is 3. The number of hydrogen-bond donors (Lipinski definition) is 1. The first-order chi connectivity index (χ1) is 16.0. The Morgan fingerprint density at radius 1 is 0.970 bits per heavy atom. The predicted octanol–water partition coefficient (Wildman–Crippen LogP) is 5.59. The van der Waals surface area contributed by atoms with Crippen LogP contribution in [0.5, 0.6) is 5.75 Å². The summed E-state index contributed by atoms with van der Waals surface area (Å²) in [7, 11) is 0. The standard InChI is InChI=1S/C25H19ClN2O4S/c26-20-12-6-4-9-18(20)15-28-24(30)22(33-25(28)31)14-17-8-5-7-13-21(17)32-16-23(29)27-19-10-2-1-3-11-19/h1-14H,15-16H2,(H,27,29)/b22-14-. The third kappa shape index (κ3) is 5.63. The van der Waals surface area contributed by atoms with Crippen LogP contribution >= 0.6 is 23.4 Å². The van der Waals surface area contributed by atoms with Gasteiger partial charge in [0.25, 0.3) is 17.1 Å². The normalized spacial score (nSPS) is 14.6. The van der Waals surface area contributed by atoms with Gasteiger partial charge in [-0.1, -0.05) is 66.2 Å². The zero-order valence-electron chi connectivity index (χ0n) is 17.4. The number of carbonyl (C=O) groups is 3. The SMILES string of the molecule is O=C(COc1ccccc1/C=C1\SC(=O)N(Cc2ccccc2Cl)C1=O)Nc1ccccc1. The Kier molecular flexibility index (Phi) is 7.12.